The summed E-state index contributed by atoms with van der Waals surface area (Å²) in [5.41, 5.74) is 3.17. The number of para-hydroxylation sites is 2. The molecule has 0 radical (unpaired) electrons. The lowest BCUT2D eigenvalue weighted by Crippen LogP contribution is -2.48. The molecule has 0 bridgehead atoms. The minimum atomic E-state index is -2.23. The van der Waals surface area contributed by atoms with Gasteiger partial charge in [-0.25, -0.2) is 0 Å². The SMILES string of the molecule is CCO[n+]1ccccc1Oc1ccccc1S.CCO[n+]1ccccc1Oc1ccccc1S.[O-]B([O-])OCCCC(c1ccccc1)(c1ccccc1)c1ccccc1. The van der Waals surface area contributed by atoms with E-state index in [1.807, 2.05) is 153 Å². The first-order chi connectivity index (χ1) is 29.3. The Labute approximate surface area is 364 Å². The zero-order valence-corrected chi connectivity index (χ0v) is 35.4. The van der Waals surface area contributed by atoms with Gasteiger partial charge in [0.05, 0.1) is 19.5 Å². The number of hydrogen-bond donors (Lipinski definition) is 2. The third kappa shape index (κ3) is 13.1. The highest BCUT2D eigenvalue weighted by Gasteiger charge is 2.35. The van der Waals surface area contributed by atoms with Crippen molar-refractivity contribution in [2.75, 3.05) is 19.8 Å². The van der Waals surface area contributed by atoms with E-state index in [0.29, 0.717) is 42.9 Å². The quantitative estimate of drug-likeness (QED) is 0.0342. The minimum absolute atomic E-state index is 0.159. The molecule has 0 aliphatic heterocycles. The van der Waals surface area contributed by atoms with Crippen LogP contribution in [-0.4, -0.2) is 27.1 Å². The minimum Gasteiger partial charge on any atom is -0.871 e. The van der Waals surface area contributed by atoms with Crippen molar-refractivity contribution in [1.29, 1.82) is 0 Å². The van der Waals surface area contributed by atoms with Gasteiger partial charge in [0.15, 0.2) is 13.2 Å². The molecular formula is C48H49BN2O7S2. The number of nitrogens with zero attached hydrogens (tertiary/aromatic N) is 2. The summed E-state index contributed by atoms with van der Waals surface area (Å²) >= 11 is 8.68. The van der Waals surface area contributed by atoms with Crippen LogP contribution in [0.3, 0.4) is 0 Å². The van der Waals surface area contributed by atoms with Gasteiger partial charge in [-0.2, -0.15) is 0 Å². The summed E-state index contributed by atoms with van der Waals surface area (Å²) in [5.74, 6) is 2.65. The number of benzene rings is 5. The Kier molecular flexibility index (Phi) is 18.4. The van der Waals surface area contributed by atoms with Gasteiger partial charge in [-0.1, -0.05) is 115 Å². The zero-order chi connectivity index (χ0) is 42.4. The summed E-state index contributed by atoms with van der Waals surface area (Å²) in [6, 6.07) is 57.4. The third-order valence-electron chi connectivity index (χ3n) is 9.02. The lowest BCUT2D eigenvalue weighted by molar-refractivity contribution is -0.892. The Morgan fingerprint density at radius 2 is 0.867 bits per heavy atom. The van der Waals surface area contributed by atoms with Gasteiger partial charge in [0.2, 0.25) is 12.4 Å². The molecule has 0 spiro atoms. The van der Waals surface area contributed by atoms with Crippen molar-refractivity contribution in [1.82, 2.24) is 0 Å². The average Bonchev–Trinajstić information content (AvgIpc) is 3.28. The summed E-state index contributed by atoms with van der Waals surface area (Å²) in [4.78, 5) is 12.4. The topological polar surface area (TPSA) is 100 Å². The number of hydrogen-bond acceptors (Lipinski definition) is 9. The van der Waals surface area contributed by atoms with E-state index < -0.39 is 7.32 Å². The molecule has 0 fully saturated rings. The predicted molar refractivity (Wildman–Crippen MR) is 235 cm³/mol. The van der Waals surface area contributed by atoms with Crippen LogP contribution in [0.4, 0.5) is 0 Å². The van der Waals surface area contributed by atoms with Crippen LogP contribution < -0.4 is 38.7 Å². The Morgan fingerprint density at radius 3 is 1.23 bits per heavy atom. The Bertz CT molecular complexity index is 2100. The zero-order valence-electron chi connectivity index (χ0n) is 33.7. The van der Waals surface area contributed by atoms with Crippen LogP contribution in [0, 0.1) is 0 Å². The molecule has 7 rings (SSSR count). The molecule has 0 saturated carbocycles. The maximum atomic E-state index is 10.7. The molecule has 0 aliphatic rings. The highest BCUT2D eigenvalue weighted by Crippen LogP contribution is 2.43. The van der Waals surface area contributed by atoms with E-state index in [4.69, 9.17) is 23.8 Å². The first-order valence-electron chi connectivity index (χ1n) is 19.6. The van der Waals surface area contributed by atoms with Crippen LogP contribution in [0.2, 0.25) is 0 Å². The summed E-state index contributed by atoms with van der Waals surface area (Å²) in [7, 11) is -2.23. The van der Waals surface area contributed by atoms with Crippen LogP contribution >= 0.6 is 25.3 Å². The van der Waals surface area contributed by atoms with E-state index in [0.717, 1.165) is 16.2 Å². The van der Waals surface area contributed by atoms with Crippen LogP contribution in [0.1, 0.15) is 43.4 Å². The van der Waals surface area contributed by atoms with Gasteiger partial charge in [0.25, 0.3) is 0 Å². The third-order valence-corrected chi connectivity index (χ3v) is 9.76. The van der Waals surface area contributed by atoms with Crippen molar-refractivity contribution in [3.63, 3.8) is 0 Å². The summed E-state index contributed by atoms with van der Waals surface area (Å²) in [6.07, 6.45) is 4.96. The second-order valence-corrected chi connectivity index (χ2v) is 13.9. The second kappa shape index (κ2) is 24.4. The van der Waals surface area contributed by atoms with E-state index in [9.17, 15) is 10.0 Å². The fourth-order valence-corrected chi connectivity index (χ4v) is 6.82. The molecule has 5 aromatic carbocycles. The van der Waals surface area contributed by atoms with E-state index in [-0.39, 0.29) is 12.0 Å². The number of rotatable bonds is 16. The van der Waals surface area contributed by atoms with E-state index >= 15 is 0 Å². The smallest absolute Gasteiger partial charge is 0.422 e. The molecule has 308 valence electrons. The molecular weight excluding hydrogens is 791 g/mol. The average molecular weight is 841 g/mol. The molecule has 0 atom stereocenters. The van der Waals surface area contributed by atoms with E-state index in [2.05, 4.69) is 61.7 Å². The number of ether oxygens (including phenoxy) is 2. The molecule has 0 amide bonds. The molecule has 2 heterocycles. The Balaban J connectivity index is 0.000000177. The maximum absolute atomic E-state index is 10.7. The van der Waals surface area contributed by atoms with E-state index in [1.165, 1.54) is 16.7 Å². The predicted octanol–water partition coefficient (Wildman–Crippen LogP) is 7.53. The van der Waals surface area contributed by atoms with Crippen LogP contribution in [0.25, 0.3) is 0 Å². The fourth-order valence-electron chi connectivity index (χ4n) is 6.40. The number of thiol groups is 2. The number of pyridine rings is 2. The normalized spacial score (nSPS) is 10.6. The first kappa shape index (κ1) is 45.3. The van der Waals surface area contributed by atoms with E-state index in [1.54, 1.807) is 21.9 Å². The highest BCUT2D eigenvalue weighted by molar-refractivity contribution is 7.80. The summed E-state index contributed by atoms with van der Waals surface area (Å²) in [6.45, 7) is 5.17. The highest BCUT2D eigenvalue weighted by atomic mass is 32.1. The largest absolute Gasteiger partial charge is 0.871 e. The van der Waals surface area contributed by atoms with Crippen molar-refractivity contribution in [2.45, 2.75) is 41.9 Å². The van der Waals surface area contributed by atoms with Crippen LogP contribution in [0.15, 0.2) is 198 Å². The second-order valence-electron chi connectivity index (χ2n) is 13.0. The molecule has 7 aromatic rings. The molecule has 0 saturated heterocycles. The fraction of sp³-hybridized carbons (Fsp3) is 0.167. The van der Waals surface area contributed by atoms with Crippen molar-refractivity contribution in [2.24, 2.45) is 0 Å². The Hall–Kier alpha value is -5.76. The molecule has 12 heteroatoms. The standard InChI is InChI=1S/C22H21BO3.2C13H13NO2S/c24-23(25)26-18-10-17-22(19-11-4-1-5-12-19,20-13-6-2-7-14-20)21-15-8-3-9-16-21;2*1-2-15-14-10-6-5-9-13(14)16-11-7-3-4-8-12(11)17/h1-9,11-16H,10,17-18H2;2*3-10H,2H2,1H3/q-2;;/p+2. The van der Waals surface area contributed by atoms with Gasteiger partial charge in [-0.15, -0.1) is 25.3 Å². The lowest BCUT2D eigenvalue weighted by atomic mass is 9.67. The van der Waals surface area contributed by atoms with Crippen LogP contribution in [-0.2, 0) is 10.1 Å². The molecule has 0 aliphatic carbocycles. The molecule has 2 aromatic heterocycles. The van der Waals surface area contributed by atoms with Gasteiger partial charge >= 0.3 is 11.8 Å². The lowest BCUT2D eigenvalue weighted by Gasteiger charge is -2.37. The number of aromatic nitrogens is 2. The molecule has 0 N–H and O–H groups in total. The van der Waals surface area contributed by atoms with Gasteiger partial charge in [0, 0.05) is 43.4 Å². The van der Waals surface area contributed by atoms with Gasteiger partial charge < -0.3 is 24.2 Å². The van der Waals surface area contributed by atoms with Crippen molar-refractivity contribution in [3.05, 3.63) is 205 Å². The van der Waals surface area contributed by atoms with Gasteiger partial charge in [0.1, 0.15) is 11.5 Å². The first-order valence-corrected chi connectivity index (χ1v) is 20.5. The summed E-state index contributed by atoms with van der Waals surface area (Å²) < 4.78 is 19.4. The molecule has 9 nitrogen and oxygen atoms in total. The van der Waals surface area contributed by atoms with Gasteiger partial charge in [-0.05, 0) is 79.8 Å². The summed E-state index contributed by atoms with van der Waals surface area (Å²) in [5, 5.41) is 21.4. The molecule has 60 heavy (non-hydrogen) atoms. The monoisotopic (exact) mass is 840 g/mol. The Morgan fingerprint density at radius 1 is 0.500 bits per heavy atom. The van der Waals surface area contributed by atoms with Crippen molar-refractivity contribution < 1.29 is 43.3 Å². The van der Waals surface area contributed by atoms with Crippen LogP contribution in [0.5, 0.6) is 23.3 Å². The molecule has 0 unspecified atom stereocenters. The van der Waals surface area contributed by atoms with Crippen molar-refractivity contribution >= 4 is 32.6 Å². The maximum Gasteiger partial charge on any atom is 0.422 e. The van der Waals surface area contributed by atoms with Crippen molar-refractivity contribution in [3.8, 4) is 23.3 Å². The van der Waals surface area contributed by atoms with Gasteiger partial charge in [-0.3, -0.25) is 9.68 Å².